The van der Waals surface area contributed by atoms with Crippen molar-refractivity contribution in [3.8, 4) is 11.5 Å². The van der Waals surface area contributed by atoms with Gasteiger partial charge in [-0.05, 0) is 48.0 Å². The van der Waals surface area contributed by atoms with Gasteiger partial charge in [-0.1, -0.05) is 24.3 Å². The van der Waals surface area contributed by atoms with E-state index in [1.807, 2.05) is 6.07 Å². The number of benzene rings is 3. The normalized spacial score (nSPS) is 11.0. The Morgan fingerprint density at radius 2 is 1.64 bits per heavy atom. The van der Waals surface area contributed by atoms with Gasteiger partial charge in [-0.3, -0.25) is 9.10 Å². The smallest absolute Gasteiger partial charge is 0.251 e. The Kier molecular flexibility index (Phi) is 7.55. The molecule has 0 aliphatic heterocycles. The van der Waals surface area contributed by atoms with E-state index in [0.717, 1.165) is 16.1 Å². The molecule has 0 unspecified atom stereocenters. The standard InChI is InChI=1S/C24H25FN2O5S/c1-31-22-13-8-17(14-23(22)32-2)15-26-24(28)18-9-11-20(12-10-18)27(33(3,29)30)16-19-6-4-5-7-21(19)25/h4-14H,15-16H2,1-3H3,(H,26,28). The van der Waals surface area contributed by atoms with Gasteiger partial charge in [-0.25, -0.2) is 12.8 Å². The molecule has 3 aromatic rings. The van der Waals surface area contributed by atoms with Gasteiger partial charge >= 0.3 is 0 Å². The van der Waals surface area contributed by atoms with Crippen LogP contribution in [0.4, 0.5) is 10.1 Å². The van der Waals surface area contributed by atoms with Crippen LogP contribution in [0, 0.1) is 5.82 Å². The van der Waals surface area contributed by atoms with Crippen LogP contribution in [-0.4, -0.2) is 34.8 Å². The van der Waals surface area contributed by atoms with Crippen molar-refractivity contribution in [2.24, 2.45) is 0 Å². The molecule has 0 heterocycles. The number of methoxy groups -OCH3 is 2. The lowest BCUT2D eigenvalue weighted by Crippen LogP contribution is -2.30. The Morgan fingerprint density at radius 1 is 0.970 bits per heavy atom. The minimum atomic E-state index is -3.68. The van der Waals surface area contributed by atoms with Crippen molar-refractivity contribution < 1.29 is 27.1 Å². The first-order valence-corrected chi connectivity index (χ1v) is 11.9. The number of carbonyl (C=O) groups is 1. The number of ether oxygens (including phenoxy) is 2. The SMILES string of the molecule is COc1ccc(CNC(=O)c2ccc(N(Cc3ccccc3F)S(C)(=O)=O)cc2)cc1OC. The number of hydrogen-bond donors (Lipinski definition) is 1. The Labute approximate surface area is 192 Å². The van der Waals surface area contributed by atoms with Crippen molar-refractivity contribution >= 4 is 21.6 Å². The summed E-state index contributed by atoms with van der Waals surface area (Å²) in [7, 11) is -0.599. The zero-order chi connectivity index (χ0) is 24.0. The van der Waals surface area contributed by atoms with E-state index in [4.69, 9.17) is 9.47 Å². The van der Waals surface area contributed by atoms with Crippen molar-refractivity contribution in [3.05, 3.63) is 89.2 Å². The highest BCUT2D eigenvalue weighted by atomic mass is 32.2. The number of carbonyl (C=O) groups excluding carboxylic acids is 1. The largest absolute Gasteiger partial charge is 0.493 e. The summed E-state index contributed by atoms with van der Waals surface area (Å²) in [6, 6.07) is 17.4. The molecule has 174 valence electrons. The summed E-state index contributed by atoms with van der Waals surface area (Å²) in [4.78, 5) is 12.6. The van der Waals surface area contributed by atoms with Gasteiger partial charge in [0.1, 0.15) is 5.82 Å². The molecule has 0 aromatic heterocycles. The van der Waals surface area contributed by atoms with Gasteiger partial charge < -0.3 is 14.8 Å². The number of sulfonamides is 1. The number of nitrogens with zero attached hydrogens (tertiary/aromatic N) is 1. The van der Waals surface area contributed by atoms with Crippen molar-refractivity contribution in [2.75, 3.05) is 24.8 Å². The van der Waals surface area contributed by atoms with E-state index in [2.05, 4.69) is 5.32 Å². The Hall–Kier alpha value is -3.59. The highest BCUT2D eigenvalue weighted by Gasteiger charge is 2.20. The lowest BCUT2D eigenvalue weighted by molar-refractivity contribution is 0.0951. The second kappa shape index (κ2) is 10.4. The number of anilines is 1. The first-order chi connectivity index (χ1) is 15.7. The molecule has 0 aliphatic rings. The predicted octanol–water partition coefficient (Wildman–Crippen LogP) is 3.74. The summed E-state index contributed by atoms with van der Waals surface area (Å²) in [5, 5.41) is 2.81. The third-order valence-corrected chi connectivity index (χ3v) is 6.13. The van der Waals surface area contributed by atoms with Gasteiger partial charge in [0.25, 0.3) is 5.91 Å². The fourth-order valence-corrected chi connectivity index (χ4v) is 4.11. The second-order valence-electron chi connectivity index (χ2n) is 7.28. The molecule has 9 heteroatoms. The van der Waals surface area contributed by atoms with Gasteiger partial charge in [-0.15, -0.1) is 0 Å². The van der Waals surface area contributed by atoms with Crippen LogP contribution in [-0.2, 0) is 23.1 Å². The molecule has 1 amide bonds. The summed E-state index contributed by atoms with van der Waals surface area (Å²) in [5.41, 5.74) is 1.76. The van der Waals surface area contributed by atoms with E-state index in [0.29, 0.717) is 22.7 Å². The Bertz CT molecular complexity index is 1230. The maximum atomic E-state index is 14.0. The first kappa shape index (κ1) is 24.1. The summed E-state index contributed by atoms with van der Waals surface area (Å²) in [6.07, 6.45) is 1.05. The molecule has 33 heavy (non-hydrogen) atoms. The fourth-order valence-electron chi connectivity index (χ4n) is 3.24. The zero-order valence-electron chi connectivity index (χ0n) is 18.5. The molecule has 0 fully saturated rings. The molecule has 0 spiro atoms. The van der Waals surface area contributed by atoms with E-state index in [1.165, 1.54) is 43.5 Å². The molecule has 0 saturated carbocycles. The number of rotatable bonds is 9. The summed E-state index contributed by atoms with van der Waals surface area (Å²) in [5.74, 6) is 0.340. The minimum Gasteiger partial charge on any atom is -0.493 e. The van der Waals surface area contributed by atoms with Crippen LogP contribution in [0.2, 0.25) is 0 Å². The first-order valence-electron chi connectivity index (χ1n) is 10.0. The summed E-state index contributed by atoms with van der Waals surface area (Å²) >= 11 is 0. The molecule has 7 nitrogen and oxygen atoms in total. The summed E-state index contributed by atoms with van der Waals surface area (Å²) in [6.45, 7) is 0.111. The average Bonchev–Trinajstić information content (AvgIpc) is 2.81. The van der Waals surface area contributed by atoms with E-state index in [1.54, 1.807) is 31.4 Å². The second-order valence-corrected chi connectivity index (χ2v) is 9.19. The molecule has 1 N–H and O–H groups in total. The van der Waals surface area contributed by atoms with E-state index >= 15 is 0 Å². The van der Waals surface area contributed by atoms with Crippen LogP contribution in [0.1, 0.15) is 21.5 Å². The van der Waals surface area contributed by atoms with Crippen LogP contribution in [0.15, 0.2) is 66.7 Å². The van der Waals surface area contributed by atoms with Crippen LogP contribution >= 0.6 is 0 Å². The topological polar surface area (TPSA) is 84.9 Å². The van der Waals surface area contributed by atoms with Crippen LogP contribution in [0.3, 0.4) is 0 Å². The predicted molar refractivity (Wildman–Crippen MR) is 125 cm³/mol. The Balaban J connectivity index is 1.72. The number of hydrogen-bond acceptors (Lipinski definition) is 5. The summed E-state index contributed by atoms with van der Waals surface area (Å²) < 4.78 is 50.3. The van der Waals surface area contributed by atoms with E-state index in [-0.39, 0.29) is 24.6 Å². The monoisotopic (exact) mass is 472 g/mol. The molecular formula is C24H25FN2O5S. The van der Waals surface area contributed by atoms with Gasteiger partial charge in [-0.2, -0.15) is 0 Å². The molecule has 3 rings (SSSR count). The highest BCUT2D eigenvalue weighted by Crippen LogP contribution is 2.27. The minimum absolute atomic E-state index is 0.156. The van der Waals surface area contributed by atoms with Gasteiger partial charge in [0.05, 0.1) is 32.7 Å². The number of amides is 1. The van der Waals surface area contributed by atoms with Crippen molar-refractivity contribution in [1.29, 1.82) is 0 Å². The molecule has 0 atom stereocenters. The maximum absolute atomic E-state index is 14.0. The third kappa shape index (κ3) is 6.01. The molecule has 3 aromatic carbocycles. The van der Waals surface area contributed by atoms with Crippen LogP contribution in [0.25, 0.3) is 0 Å². The van der Waals surface area contributed by atoms with Gasteiger partial charge in [0.2, 0.25) is 10.0 Å². The molecule has 0 aliphatic carbocycles. The molecule has 0 saturated heterocycles. The molecule has 0 bridgehead atoms. The van der Waals surface area contributed by atoms with E-state index in [9.17, 15) is 17.6 Å². The average molecular weight is 473 g/mol. The lowest BCUT2D eigenvalue weighted by atomic mass is 10.1. The van der Waals surface area contributed by atoms with Crippen molar-refractivity contribution in [1.82, 2.24) is 5.32 Å². The van der Waals surface area contributed by atoms with Gasteiger partial charge in [0, 0.05) is 17.7 Å². The zero-order valence-corrected chi connectivity index (χ0v) is 19.4. The van der Waals surface area contributed by atoms with Crippen LogP contribution in [0.5, 0.6) is 11.5 Å². The van der Waals surface area contributed by atoms with Crippen molar-refractivity contribution in [3.63, 3.8) is 0 Å². The fraction of sp³-hybridized carbons (Fsp3) is 0.208. The highest BCUT2D eigenvalue weighted by molar-refractivity contribution is 7.92. The number of nitrogens with one attached hydrogen (secondary N) is 1. The maximum Gasteiger partial charge on any atom is 0.251 e. The van der Waals surface area contributed by atoms with Crippen LogP contribution < -0.4 is 19.1 Å². The number of halogens is 1. The molecular weight excluding hydrogens is 447 g/mol. The Morgan fingerprint density at radius 3 is 2.24 bits per heavy atom. The quantitative estimate of drug-likeness (QED) is 0.513. The molecule has 0 radical (unpaired) electrons. The lowest BCUT2D eigenvalue weighted by Gasteiger charge is -2.23. The van der Waals surface area contributed by atoms with Gasteiger partial charge in [0.15, 0.2) is 11.5 Å². The van der Waals surface area contributed by atoms with Crippen molar-refractivity contribution in [2.45, 2.75) is 13.1 Å². The third-order valence-electron chi connectivity index (χ3n) is 4.99. The van der Waals surface area contributed by atoms with E-state index < -0.39 is 15.8 Å².